The van der Waals surface area contributed by atoms with E-state index in [1.165, 1.54) is 0 Å². The molecule has 3 unspecified atom stereocenters. The van der Waals surface area contributed by atoms with Gasteiger partial charge in [-0.15, -0.1) is 0 Å². The van der Waals surface area contributed by atoms with Crippen molar-refractivity contribution in [3.05, 3.63) is 0 Å². The molecule has 0 heterocycles. The summed E-state index contributed by atoms with van der Waals surface area (Å²) in [4.78, 5) is 23.6. The highest BCUT2D eigenvalue weighted by molar-refractivity contribution is 8.76. The molecule has 1 rings (SSSR count). The molecule has 6 N–H and O–H groups in total. The third-order valence-corrected chi connectivity index (χ3v) is 6.47. The molecule has 1 aliphatic carbocycles. The number of aliphatic carboxylic acids is 1. The van der Waals surface area contributed by atoms with E-state index in [2.05, 4.69) is 5.32 Å². The number of unbranched alkanes of at least 4 members (excludes halogenated alkanes) is 1. The molecule has 0 aromatic heterocycles. The smallest absolute Gasteiger partial charge is 0.306 e. The highest BCUT2D eigenvalue weighted by Gasteiger charge is 2.31. The molecule has 1 aliphatic rings. The van der Waals surface area contributed by atoms with Crippen LogP contribution >= 0.6 is 21.6 Å². The minimum Gasteiger partial charge on any atom is -0.481 e. The summed E-state index contributed by atoms with van der Waals surface area (Å²) < 4.78 is 0. The van der Waals surface area contributed by atoms with Gasteiger partial charge in [0.05, 0.1) is 12.0 Å². The van der Waals surface area contributed by atoms with Crippen LogP contribution in [0.15, 0.2) is 0 Å². The lowest BCUT2D eigenvalue weighted by Gasteiger charge is -2.21. The van der Waals surface area contributed by atoms with Gasteiger partial charge in [-0.3, -0.25) is 9.59 Å². The molecular formula is C15H29N3O3S2. The molecule has 1 fully saturated rings. The summed E-state index contributed by atoms with van der Waals surface area (Å²) in [5.41, 5.74) is 11.3. The van der Waals surface area contributed by atoms with E-state index in [1.807, 2.05) is 6.26 Å². The summed E-state index contributed by atoms with van der Waals surface area (Å²) in [5, 5.41) is 12.7. The monoisotopic (exact) mass is 363 g/mol. The predicted molar refractivity (Wildman–Crippen MR) is 97.3 cm³/mol. The van der Waals surface area contributed by atoms with Crippen LogP contribution in [0.5, 0.6) is 0 Å². The second-order valence-corrected chi connectivity index (χ2v) is 8.84. The Kier molecular flexibility index (Phi) is 10.0. The van der Waals surface area contributed by atoms with E-state index in [0.29, 0.717) is 31.1 Å². The van der Waals surface area contributed by atoms with Crippen molar-refractivity contribution < 1.29 is 14.7 Å². The van der Waals surface area contributed by atoms with Gasteiger partial charge in [-0.2, -0.15) is 0 Å². The summed E-state index contributed by atoms with van der Waals surface area (Å²) in [6.45, 7) is 0.603. The Morgan fingerprint density at radius 2 is 2.04 bits per heavy atom. The number of carboxylic acids is 1. The number of nitrogens with two attached hydrogens (primary N) is 2. The summed E-state index contributed by atoms with van der Waals surface area (Å²) >= 11 is 0. The SMILES string of the molecule is CSSC1CCC(NC(=O)[C@@H](N)CCCCN)CC(C(=O)O)C1. The zero-order valence-electron chi connectivity index (χ0n) is 13.7. The third kappa shape index (κ3) is 7.78. The fourth-order valence-electron chi connectivity index (χ4n) is 2.88. The lowest BCUT2D eigenvalue weighted by Crippen LogP contribution is -2.46. The Balaban J connectivity index is 2.53. The van der Waals surface area contributed by atoms with Gasteiger partial charge in [-0.05, 0) is 51.3 Å². The van der Waals surface area contributed by atoms with Crippen LogP contribution in [-0.4, -0.2) is 47.1 Å². The van der Waals surface area contributed by atoms with E-state index >= 15 is 0 Å². The van der Waals surface area contributed by atoms with Crippen LogP contribution in [-0.2, 0) is 9.59 Å². The zero-order valence-corrected chi connectivity index (χ0v) is 15.3. The van der Waals surface area contributed by atoms with Crippen molar-refractivity contribution in [3.8, 4) is 0 Å². The second kappa shape index (κ2) is 11.2. The van der Waals surface area contributed by atoms with Crippen molar-refractivity contribution >= 4 is 33.5 Å². The molecule has 4 atom stereocenters. The van der Waals surface area contributed by atoms with E-state index in [9.17, 15) is 14.7 Å². The normalized spacial score (nSPS) is 26.3. The van der Waals surface area contributed by atoms with Crippen molar-refractivity contribution in [2.24, 2.45) is 17.4 Å². The summed E-state index contributed by atoms with van der Waals surface area (Å²) in [6, 6.07) is -0.638. The first-order valence-corrected chi connectivity index (χ1v) is 10.8. The third-order valence-electron chi connectivity index (χ3n) is 4.19. The van der Waals surface area contributed by atoms with Gasteiger partial charge in [-0.1, -0.05) is 28.0 Å². The Bertz CT molecular complexity index is 385. The molecule has 0 bridgehead atoms. The maximum absolute atomic E-state index is 12.2. The van der Waals surface area contributed by atoms with E-state index in [4.69, 9.17) is 11.5 Å². The van der Waals surface area contributed by atoms with Gasteiger partial charge in [-0.25, -0.2) is 0 Å². The lowest BCUT2D eigenvalue weighted by atomic mass is 9.98. The number of nitrogens with one attached hydrogen (secondary N) is 1. The van der Waals surface area contributed by atoms with Crippen molar-refractivity contribution in [1.82, 2.24) is 5.32 Å². The fraction of sp³-hybridized carbons (Fsp3) is 0.867. The largest absolute Gasteiger partial charge is 0.481 e. The minimum absolute atomic E-state index is 0.100. The van der Waals surface area contributed by atoms with Crippen LogP contribution in [0, 0.1) is 5.92 Å². The average Bonchev–Trinajstić information content (AvgIpc) is 2.70. The molecule has 0 aromatic rings. The van der Waals surface area contributed by atoms with Crippen molar-refractivity contribution in [3.63, 3.8) is 0 Å². The minimum atomic E-state index is -0.773. The topological polar surface area (TPSA) is 118 Å². The molecule has 0 spiro atoms. The number of hydrogen-bond acceptors (Lipinski definition) is 6. The van der Waals surface area contributed by atoms with Crippen LogP contribution in [0.25, 0.3) is 0 Å². The van der Waals surface area contributed by atoms with Gasteiger partial charge >= 0.3 is 5.97 Å². The molecule has 0 radical (unpaired) electrons. The molecule has 0 aliphatic heterocycles. The Morgan fingerprint density at radius 3 is 2.65 bits per heavy atom. The summed E-state index contributed by atoms with van der Waals surface area (Å²) in [7, 11) is 3.40. The number of amides is 1. The number of rotatable bonds is 9. The average molecular weight is 364 g/mol. The molecule has 0 saturated heterocycles. The van der Waals surface area contributed by atoms with Crippen LogP contribution < -0.4 is 16.8 Å². The van der Waals surface area contributed by atoms with Gasteiger partial charge in [0, 0.05) is 11.3 Å². The number of carbonyl (C=O) groups is 2. The molecule has 8 heteroatoms. The van der Waals surface area contributed by atoms with Gasteiger partial charge < -0.3 is 21.9 Å². The highest BCUT2D eigenvalue weighted by atomic mass is 33.1. The second-order valence-electron chi connectivity index (χ2n) is 6.07. The first-order valence-electron chi connectivity index (χ1n) is 8.16. The van der Waals surface area contributed by atoms with E-state index in [0.717, 1.165) is 25.7 Å². The highest BCUT2D eigenvalue weighted by Crippen LogP contribution is 2.36. The standard InChI is InChI=1S/C15H29N3O3S2/c1-22-23-12-6-5-11(8-10(9-12)15(20)21)18-14(19)13(17)4-2-3-7-16/h10-13H,2-9,16-17H2,1H3,(H,18,19)(H,20,21)/t10?,11?,12?,13-/m0/s1. The van der Waals surface area contributed by atoms with Crippen LogP contribution in [0.3, 0.4) is 0 Å². The zero-order chi connectivity index (χ0) is 17.2. The molecule has 0 aromatic carbocycles. The van der Waals surface area contributed by atoms with Crippen molar-refractivity contribution in [1.29, 1.82) is 0 Å². The van der Waals surface area contributed by atoms with E-state index in [1.54, 1.807) is 21.6 Å². The maximum atomic E-state index is 12.2. The first kappa shape index (κ1) is 20.6. The van der Waals surface area contributed by atoms with Crippen molar-refractivity contribution in [2.45, 2.75) is 62.3 Å². The summed E-state index contributed by atoms with van der Waals surface area (Å²) in [5.74, 6) is -1.35. The molecule has 6 nitrogen and oxygen atoms in total. The van der Waals surface area contributed by atoms with Crippen LogP contribution in [0.2, 0.25) is 0 Å². The Labute approximate surface area is 146 Å². The van der Waals surface area contributed by atoms with Gasteiger partial charge in [0.25, 0.3) is 0 Å². The fourth-order valence-corrected chi connectivity index (χ4v) is 5.04. The Morgan fingerprint density at radius 1 is 1.30 bits per heavy atom. The molecular weight excluding hydrogens is 334 g/mol. The van der Waals surface area contributed by atoms with Gasteiger partial charge in [0.15, 0.2) is 0 Å². The van der Waals surface area contributed by atoms with E-state index in [-0.39, 0.29) is 11.9 Å². The van der Waals surface area contributed by atoms with Gasteiger partial charge in [0.1, 0.15) is 0 Å². The van der Waals surface area contributed by atoms with E-state index < -0.39 is 17.9 Å². The lowest BCUT2D eigenvalue weighted by molar-refractivity contribution is -0.142. The van der Waals surface area contributed by atoms with Crippen LogP contribution in [0.1, 0.15) is 44.9 Å². The maximum Gasteiger partial charge on any atom is 0.306 e. The molecule has 1 saturated carbocycles. The predicted octanol–water partition coefficient (Wildman–Crippen LogP) is 1.58. The molecule has 134 valence electrons. The molecule has 23 heavy (non-hydrogen) atoms. The first-order chi connectivity index (χ1) is 11.0. The Hall–Kier alpha value is -0.440. The molecule has 1 amide bonds. The van der Waals surface area contributed by atoms with Crippen LogP contribution in [0.4, 0.5) is 0 Å². The summed E-state index contributed by atoms with van der Waals surface area (Å²) in [6.07, 6.45) is 7.19. The number of hydrogen-bond donors (Lipinski definition) is 4. The van der Waals surface area contributed by atoms with Gasteiger partial charge in [0.2, 0.25) is 5.91 Å². The number of carboxylic acid groups (broad SMARTS) is 1. The van der Waals surface area contributed by atoms with Crippen molar-refractivity contribution in [2.75, 3.05) is 12.8 Å². The quantitative estimate of drug-likeness (QED) is 0.279. The number of carbonyl (C=O) groups excluding carboxylic acids is 1.